The molecule has 0 aliphatic rings. The fourth-order valence-corrected chi connectivity index (χ4v) is 1.83. The van der Waals surface area contributed by atoms with Crippen molar-refractivity contribution in [1.29, 1.82) is 0 Å². The minimum absolute atomic E-state index is 0.120. The third-order valence-corrected chi connectivity index (χ3v) is 2.96. The van der Waals surface area contributed by atoms with Crippen LogP contribution in [0.3, 0.4) is 0 Å². The van der Waals surface area contributed by atoms with Crippen LogP contribution in [0.5, 0.6) is 0 Å². The SMILES string of the molecule is Cc1ccc(C)c(CC(=O)Nc2ccc(Cl)nn2)c1. The van der Waals surface area contributed by atoms with Crippen molar-refractivity contribution in [3.05, 3.63) is 52.2 Å². The van der Waals surface area contributed by atoms with Crippen molar-refractivity contribution in [3.8, 4) is 0 Å². The molecule has 0 saturated heterocycles. The highest BCUT2D eigenvalue weighted by atomic mass is 35.5. The molecular formula is C14H14ClN3O. The first kappa shape index (κ1) is 13.5. The van der Waals surface area contributed by atoms with Crippen LogP contribution in [0.4, 0.5) is 5.82 Å². The molecule has 1 N–H and O–H groups in total. The van der Waals surface area contributed by atoms with Gasteiger partial charge in [-0.1, -0.05) is 35.4 Å². The maximum Gasteiger partial charge on any atom is 0.230 e. The highest BCUT2D eigenvalue weighted by Gasteiger charge is 2.07. The number of carbonyl (C=O) groups excluding carboxylic acids is 1. The third kappa shape index (κ3) is 3.76. The lowest BCUT2D eigenvalue weighted by Crippen LogP contribution is -2.16. The highest BCUT2D eigenvalue weighted by Crippen LogP contribution is 2.12. The number of carbonyl (C=O) groups is 1. The van der Waals surface area contributed by atoms with Gasteiger partial charge in [0.05, 0.1) is 6.42 Å². The Morgan fingerprint density at radius 1 is 1.21 bits per heavy atom. The molecule has 0 radical (unpaired) electrons. The van der Waals surface area contributed by atoms with Crippen molar-refractivity contribution in [2.75, 3.05) is 5.32 Å². The predicted octanol–water partition coefficient (Wildman–Crippen LogP) is 2.93. The number of aromatic nitrogens is 2. The van der Waals surface area contributed by atoms with Gasteiger partial charge in [0.15, 0.2) is 11.0 Å². The van der Waals surface area contributed by atoms with Crippen molar-refractivity contribution in [1.82, 2.24) is 10.2 Å². The molecule has 0 fully saturated rings. The molecule has 0 aliphatic carbocycles. The summed E-state index contributed by atoms with van der Waals surface area (Å²) in [5.74, 6) is 0.282. The van der Waals surface area contributed by atoms with Gasteiger partial charge >= 0.3 is 0 Å². The molecule has 2 aromatic rings. The molecule has 4 nitrogen and oxygen atoms in total. The lowest BCUT2D eigenvalue weighted by atomic mass is 10.0. The lowest BCUT2D eigenvalue weighted by Gasteiger charge is -2.07. The number of halogens is 1. The van der Waals surface area contributed by atoms with E-state index in [0.717, 1.165) is 16.7 Å². The molecule has 0 spiro atoms. The summed E-state index contributed by atoms with van der Waals surface area (Å²) in [6.45, 7) is 4.00. The van der Waals surface area contributed by atoms with Crippen LogP contribution in [-0.2, 0) is 11.2 Å². The number of nitrogens with zero attached hydrogens (tertiary/aromatic N) is 2. The second kappa shape index (κ2) is 5.80. The van der Waals surface area contributed by atoms with Crippen LogP contribution in [-0.4, -0.2) is 16.1 Å². The summed E-state index contributed by atoms with van der Waals surface area (Å²) in [5.41, 5.74) is 3.25. The molecule has 1 amide bonds. The smallest absolute Gasteiger partial charge is 0.230 e. The number of anilines is 1. The van der Waals surface area contributed by atoms with E-state index in [9.17, 15) is 4.79 Å². The van der Waals surface area contributed by atoms with Crippen molar-refractivity contribution in [3.63, 3.8) is 0 Å². The molecule has 2 rings (SSSR count). The van der Waals surface area contributed by atoms with Gasteiger partial charge in [-0.2, -0.15) is 0 Å². The van der Waals surface area contributed by atoms with E-state index >= 15 is 0 Å². The van der Waals surface area contributed by atoms with Crippen molar-refractivity contribution in [2.45, 2.75) is 20.3 Å². The first-order chi connectivity index (χ1) is 9.04. The summed E-state index contributed by atoms with van der Waals surface area (Å²) >= 11 is 5.63. The second-order valence-electron chi connectivity index (χ2n) is 4.40. The van der Waals surface area contributed by atoms with E-state index in [4.69, 9.17) is 11.6 Å². The van der Waals surface area contributed by atoms with Gasteiger partial charge in [-0.05, 0) is 37.1 Å². The summed E-state index contributed by atoms with van der Waals surface area (Å²) < 4.78 is 0. The van der Waals surface area contributed by atoms with Crippen LogP contribution in [0.15, 0.2) is 30.3 Å². The van der Waals surface area contributed by atoms with E-state index in [1.807, 2.05) is 32.0 Å². The molecule has 0 atom stereocenters. The molecule has 1 aromatic carbocycles. The molecule has 1 heterocycles. The Kier molecular flexibility index (Phi) is 4.12. The molecular weight excluding hydrogens is 262 g/mol. The highest BCUT2D eigenvalue weighted by molar-refractivity contribution is 6.29. The quantitative estimate of drug-likeness (QED) is 0.937. The minimum atomic E-state index is -0.120. The monoisotopic (exact) mass is 275 g/mol. The van der Waals surface area contributed by atoms with E-state index in [1.165, 1.54) is 0 Å². The molecule has 5 heteroatoms. The molecule has 0 unspecified atom stereocenters. The first-order valence-electron chi connectivity index (χ1n) is 5.90. The molecule has 0 bridgehead atoms. The summed E-state index contributed by atoms with van der Waals surface area (Å²) in [7, 11) is 0. The first-order valence-corrected chi connectivity index (χ1v) is 6.27. The average molecular weight is 276 g/mol. The molecule has 98 valence electrons. The van der Waals surface area contributed by atoms with E-state index in [-0.39, 0.29) is 5.91 Å². The van der Waals surface area contributed by atoms with E-state index in [0.29, 0.717) is 17.4 Å². The Labute approximate surface area is 116 Å². The van der Waals surface area contributed by atoms with Crippen molar-refractivity contribution >= 4 is 23.3 Å². The van der Waals surface area contributed by atoms with E-state index in [2.05, 4.69) is 15.5 Å². The Hall–Kier alpha value is -1.94. The zero-order chi connectivity index (χ0) is 13.8. The van der Waals surface area contributed by atoms with Crippen LogP contribution < -0.4 is 5.32 Å². The fraction of sp³-hybridized carbons (Fsp3) is 0.214. The normalized spacial score (nSPS) is 10.3. The summed E-state index contributed by atoms with van der Waals surface area (Å²) in [4.78, 5) is 11.9. The number of rotatable bonds is 3. The standard InChI is InChI=1S/C14H14ClN3O/c1-9-3-4-10(2)11(7-9)8-14(19)16-13-6-5-12(15)17-18-13/h3-7H,8H2,1-2H3,(H,16,18,19). The van der Waals surface area contributed by atoms with Gasteiger partial charge < -0.3 is 5.32 Å². The van der Waals surface area contributed by atoms with Gasteiger partial charge in [0.2, 0.25) is 5.91 Å². The predicted molar refractivity (Wildman–Crippen MR) is 75.3 cm³/mol. The summed E-state index contributed by atoms with van der Waals surface area (Å²) in [6, 6.07) is 9.27. The van der Waals surface area contributed by atoms with E-state index in [1.54, 1.807) is 12.1 Å². The van der Waals surface area contributed by atoms with Crippen LogP contribution in [0.1, 0.15) is 16.7 Å². The van der Waals surface area contributed by atoms with Gasteiger partial charge in [0.1, 0.15) is 0 Å². The number of benzene rings is 1. The molecule has 1 aromatic heterocycles. The number of hydrogen-bond donors (Lipinski definition) is 1. The average Bonchev–Trinajstić information content (AvgIpc) is 2.37. The van der Waals surface area contributed by atoms with Gasteiger partial charge in [-0.3, -0.25) is 4.79 Å². The van der Waals surface area contributed by atoms with Crippen LogP contribution in [0.25, 0.3) is 0 Å². The topological polar surface area (TPSA) is 54.9 Å². The van der Waals surface area contributed by atoms with Crippen LogP contribution in [0, 0.1) is 13.8 Å². The third-order valence-electron chi connectivity index (χ3n) is 2.76. The zero-order valence-electron chi connectivity index (χ0n) is 10.8. The number of aryl methyl sites for hydroxylation is 2. The van der Waals surface area contributed by atoms with Crippen molar-refractivity contribution < 1.29 is 4.79 Å². The van der Waals surface area contributed by atoms with E-state index < -0.39 is 0 Å². The Morgan fingerprint density at radius 2 is 2.00 bits per heavy atom. The Bertz CT molecular complexity index is 596. The van der Waals surface area contributed by atoms with Crippen LogP contribution in [0.2, 0.25) is 5.15 Å². The maximum absolute atomic E-state index is 11.9. The van der Waals surface area contributed by atoms with Gasteiger partial charge in [-0.25, -0.2) is 0 Å². The van der Waals surface area contributed by atoms with Gasteiger partial charge in [0, 0.05) is 0 Å². The molecule has 0 aliphatic heterocycles. The molecule has 19 heavy (non-hydrogen) atoms. The zero-order valence-corrected chi connectivity index (χ0v) is 11.5. The Balaban J connectivity index is 2.05. The van der Waals surface area contributed by atoms with Crippen molar-refractivity contribution in [2.24, 2.45) is 0 Å². The maximum atomic E-state index is 11.9. The minimum Gasteiger partial charge on any atom is -0.309 e. The van der Waals surface area contributed by atoms with Gasteiger partial charge in [-0.15, -0.1) is 10.2 Å². The van der Waals surface area contributed by atoms with Gasteiger partial charge in [0.25, 0.3) is 0 Å². The second-order valence-corrected chi connectivity index (χ2v) is 4.78. The number of nitrogens with one attached hydrogen (secondary N) is 1. The Morgan fingerprint density at radius 3 is 2.68 bits per heavy atom. The molecule has 0 saturated carbocycles. The number of amides is 1. The summed E-state index contributed by atoms with van der Waals surface area (Å²) in [5, 5.41) is 10.4. The summed E-state index contributed by atoms with van der Waals surface area (Å²) in [6.07, 6.45) is 0.317. The largest absolute Gasteiger partial charge is 0.309 e. The lowest BCUT2D eigenvalue weighted by molar-refractivity contribution is -0.115. The van der Waals surface area contributed by atoms with Crippen LogP contribution >= 0.6 is 11.6 Å². The number of hydrogen-bond acceptors (Lipinski definition) is 3. The fourth-order valence-electron chi connectivity index (χ4n) is 1.73.